The lowest BCUT2D eigenvalue weighted by Crippen LogP contribution is -2.42. The molecule has 0 N–H and O–H groups in total. The molecule has 3 unspecified atom stereocenters. The summed E-state index contributed by atoms with van der Waals surface area (Å²) in [5, 5.41) is 0. The summed E-state index contributed by atoms with van der Waals surface area (Å²) in [5.41, 5.74) is 4.57. The first-order valence-corrected chi connectivity index (χ1v) is 10.3. The molecule has 2 aliphatic carbocycles. The summed E-state index contributed by atoms with van der Waals surface area (Å²) in [7, 11) is 1.76. The molecule has 2 aromatic rings. The molecule has 2 nitrogen and oxygen atoms in total. The lowest BCUT2D eigenvalue weighted by atomic mass is 9.66. The first kappa shape index (κ1) is 16.4. The Hall–Kier alpha value is -1.80. The van der Waals surface area contributed by atoms with Gasteiger partial charge in [0.1, 0.15) is 5.75 Å². The molecule has 1 aliphatic heterocycles. The third-order valence-corrected chi connectivity index (χ3v) is 6.86. The highest BCUT2D eigenvalue weighted by molar-refractivity contribution is 5.44. The third-order valence-electron chi connectivity index (χ3n) is 6.86. The van der Waals surface area contributed by atoms with E-state index in [0.29, 0.717) is 5.92 Å². The van der Waals surface area contributed by atoms with E-state index in [2.05, 4.69) is 53.4 Å². The highest BCUT2D eigenvalue weighted by atomic mass is 16.5. The minimum atomic E-state index is 0.512. The van der Waals surface area contributed by atoms with Crippen LogP contribution in [0, 0.1) is 11.8 Å². The summed E-state index contributed by atoms with van der Waals surface area (Å²) in [6.45, 7) is 3.90. The molecule has 1 saturated carbocycles. The molecule has 136 valence electrons. The zero-order valence-electron chi connectivity index (χ0n) is 15.7. The summed E-state index contributed by atoms with van der Waals surface area (Å²) in [5.74, 6) is 4.02. The molecule has 26 heavy (non-hydrogen) atoms. The molecule has 0 bridgehead atoms. The van der Waals surface area contributed by atoms with Gasteiger partial charge in [-0.2, -0.15) is 0 Å². The van der Waals surface area contributed by atoms with Crippen LogP contribution in [0.5, 0.6) is 5.75 Å². The maximum absolute atomic E-state index is 5.49. The molecule has 1 heterocycles. The van der Waals surface area contributed by atoms with Gasteiger partial charge in [-0.25, -0.2) is 0 Å². The summed E-state index contributed by atoms with van der Waals surface area (Å²) >= 11 is 0. The van der Waals surface area contributed by atoms with E-state index in [0.717, 1.165) is 23.5 Å². The van der Waals surface area contributed by atoms with Crippen LogP contribution in [0.4, 0.5) is 0 Å². The van der Waals surface area contributed by atoms with Crippen LogP contribution >= 0.6 is 0 Å². The Morgan fingerprint density at radius 2 is 1.85 bits per heavy atom. The Balaban J connectivity index is 1.47. The van der Waals surface area contributed by atoms with Gasteiger partial charge in [0, 0.05) is 19.0 Å². The number of rotatable bonds is 4. The fraction of sp³-hybridized carbons (Fsp3) is 0.500. The van der Waals surface area contributed by atoms with Crippen molar-refractivity contribution in [1.82, 2.24) is 4.90 Å². The Bertz CT molecular complexity index is 781. The molecule has 0 spiro atoms. The van der Waals surface area contributed by atoms with Crippen molar-refractivity contribution in [2.75, 3.05) is 26.7 Å². The van der Waals surface area contributed by atoms with Crippen molar-refractivity contribution in [3.05, 3.63) is 65.2 Å². The standard InChI is InChI=1S/C24H29NO/c1-26-20-6-4-5-18(13-20)23-14-19-11-12-25(15-17-9-10-17)16-24(19)22-8-3-2-7-21(22)23/h2-8,13,17,19,23-24H,9-12,14-16H2,1H3. The van der Waals surface area contributed by atoms with E-state index in [9.17, 15) is 0 Å². The van der Waals surface area contributed by atoms with Gasteiger partial charge < -0.3 is 9.64 Å². The molecular formula is C24H29NO. The van der Waals surface area contributed by atoms with Crippen LogP contribution in [-0.2, 0) is 0 Å². The number of nitrogens with zero attached hydrogens (tertiary/aromatic N) is 1. The average Bonchev–Trinajstić information content (AvgIpc) is 3.51. The maximum atomic E-state index is 5.49. The minimum Gasteiger partial charge on any atom is -0.497 e. The molecule has 1 saturated heterocycles. The smallest absolute Gasteiger partial charge is 0.119 e. The van der Waals surface area contributed by atoms with Crippen LogP contribution in [0.1, 0.15) is 54.2 Å². The second kappa shape index (κ2) is 6.74. The molecule has 5 rings (SSSR count). The Kier molecular flexibility index (Phi) is 4.24. The number of fused-ring (bicyclic) bond motifs is 3. The molecule has 2 aromatic carbocycles. The molecule has 3 atom stereocenters. The molecule has 2 fully saturated rings. The second-order valence-corrected chi connectivity index (χ2v) is 8.55. The van der Waals surface area contributed by atoms with Gasteiger partial charge in [0.2, 0.25) is 0 Å². The van der Waals surface area contributed by atoms with Crippen LogP contribution in [0.3, 0.4) is 0 Å². The average molecular weight is 348 g/mol. The van der Waals surface area contributed by atoms with E-state index in [1.165, 1.54) is 50.9 Å². The van der Waals surface area contributed by atoms with Gasteiger partial charge >= 0.3 is 0 Å². The van der Waals surface area contributed by atoms with Crippen LogP contribution in [-0.4, -0.2) is 31.6 Å². The fourth-order valence-corrected chi connectivity index (χ4v) is 5.30. The van der Waals surface area contributed by atoms with Crippen LogP contribution in [0.15, 0.2) is 48.5 Å². The van der Waals surface area contributed by atoms with E-state index in [1.807, 2.05) is 0 Å². The normalized spacial score (nSPS) is 28.3. The number of ether oxygens (including phenoxy) is 1. The third kappa shape index (κ3) is 3.05. The quantitative estimate of drug-likeness (QED) is 0.768. The highest BCUT2D eigenvalue weighted by Gasteiger charge is 2.39. The molecule has 2 heteroatoms. The van der Waals surface area contributed by atoms with Crippen molar-refractivity contribution in [1.29, 1.82) is 0 Å². The van der Waals surface area contributed by atoms with Crippen molar-refractivity contribution < 1.29 is 4.74 Å². The Labute approximate surface area is 157 Å². The van der Waals surface area contributed by atoms with Gasteiger partial charge in [0.05, 0.1) is 7.11 Å². The topological polar surface area (TPSA) is 12.5 Å². The highest BCUT2D eigenvalue weighted by Crippen LogP contribution is 2.49. The van der Waals surface area contributed by atoms with Gasteiger partial charge in [-0.1, -0.05) is 36.4 Å². The van der Waals surface area contributed by atoms with Crippen LogP contribution in [0.25, 0.3) is 0 Å². The van der Waals surface area contributed by atoms with E-state index >= 15 is 0 Å². The van der Waals surface area contributed by atoms with E-state index < -0.39 is 0 Å². The number of hydrogen-bond donors (Lipinski definition) is 0. The Morgan fingerprint density at radius 1 is 1.00 bits per heavy atom. The van der Waals surface area contributed by atoms with E-state index in [-0.39, 0.29) is 0 Å². The lowest BCUT2D eigenvalue weighted by Gasteiger charge is -2.45. The lowest BCUT2D eigenvalue weighted by molar-refractivity contribution is 0.138. The zero-order chi connectivity index (χ0) is 17.5. The van der Waals surface area contributed by atoms with Gasteiger partial charge in [-0.05, 0) is 78.8 Å². The number of piperidine rings is 1. The number of hydrogen-bond acceptors (Lipinski definition) is 2. The van der Waals surface area contributed by atoms with Gasteiger partial charge in [-0.3, -0.25) is 0 Å². The number of benzene rings is 2. The number of likely N-dealkylation sites (tertiary alicyclic amines) is 1. The molecule has 0 radical (unpaired) electrons. The first-order chi connectivity index (χ1) is 12.8. The minimum absolute atomic E-state index is 0.512. The zero-order valence-corrected chi connectivity index (χ0v) is 15.7. The monoisotopic (exact) mass is 347 g/mol. The summed E-state index contributed by atoms with van der Waals surface area (Å²) in [4.78, 5) is 2.75. The van der Waals surface area contributed by atoms with Gasteiger partial charge in [0.15, 0.2) is 0 Å². The van der Waals surface area contributed by atoms with Crippen molar-refractivity contribution in [3.8, 4) is 5.75 Å². The van der Waals surface area contributed by atoms with Crippen LogP contribution in [0.2, 0.25) is 0 Å². The molecule has 3 aliphatic rings. The van der Waals surface area contributed by atoms with Crippen molar-refractivity contribution in [2.24, 2.45) is 11.8 Å². The summed E-state index contributed by atoms with van der Waals surface area (Å²) in [6, 6.07) is 17.9. The molecule has 0 aromatic heterocycles. The fourth-order valence-electron chi connectivity index (χ4n) is 5.30. The van der Waals surface area contributed by atoms with E-state index in [1.54, 1.807) is 18.2 Å². The second-order valence-electron chi connectivity index (χ2n) is 8.55. The van der Waals surface area contributed by atoms with Gasteiger partial charge in [-0.15, -0.1) is 0 Å². The predicted octanol–water partition coefficient (Wildman–Crippen LogP) is 5.05. The molecular weight excluding hydrogens is 318 g/mol. The SMILES string of the molecule is COc1cccc(C2CC3CCN(CC4CC4)CC3c3ccccc32)c1. The number of methoxy groups -OCH3 is 1. The van der Waals surface area contributed by atoms with Crippen molar-refractivity contribution in [2.45, 2.75) is 37.5 Å². The van der Waals surface area contributed by atoms with Crippen molar-refractivity contribution >= 4 is 0 Å². The maximum Gasteiger partial charge on any atom is 0.119 e. The summed E-state index contributed by atoms with van der Waals surface area (Å²) in [6.07, 6.45) is 5.55. The largest absolute Gasteiger partial charge is 0.497 e. The predicted molar refractivity (Wildman–Crippen MR) is 106 cm³/mol. The Morgan fingerprint density at radius 3 is 2.65 bits per heavy atom. The molecule has 0 amide bonds. The van der Waals surface area contributed by atoms with E-state index in [4.69, 9.17) is 4.74 Å². The summed E-state index contributed by atoms with van der Waals surface area (Å²) < 4.78 is 5.49. The first-order valence-electron chi connectivity index (χ1n) is 10.3. The van der Waals surface area contributed by atoms with Crippen molar-refractivity contribution in [3.63, 3.8) is 0 Å². The van der Waals surface area contributed by atoms with Gasteiger partial charge in [0.25, 0.3) is 0 Å². The van der Waals surface area contributed by atoms with Crippen LogP contribution < -0.4 is 4.74 Å².